The lowest BCUT2D eigenvalue weighted by Crippen LogP contribution is -2.59. The van der Waals surface area contributed by atoms with Crippen molar-refractivity contribution in [2.24, 2.45) is 17.1 Å². The van der Waals surface area contributed by atoms with Crippen LogP contribution in [0.15, 0.2) is 12.3 Å². The van der Waals surface area contributed by atoms with E-state index in [1.165, 1.54) is 23.9 Å². The number of hydrogen-bond acceptors (Lipinski definition) is 7. The van der Waals surface area contributed by atoms with Gasteiger partial charge in [-0.15, -0.1) is 0 Å². The van der Waals surface area contributed by atoms with E-state index in [2.05, 4.69) is 15.4 Å². The first-order chi connectivity index (χ1) is 16.4. The minimum absolute atomic E-state index is 0.0630. The number of aromatic nitrogens is 3. The highest BCUT2D eigenvalue weighted by atomic mass is 19.3. The van der Waals surface area contributed by atoms with Crippen molar-refractivity contribution < 1.29 is 36.6 Å². The molecule has 3 N–H and O–H groups in total. The number of alkyl halides is 4. The third kappa shape index (κ3) is 4.78. The average molecular weight is 501 g/mol. The summed E-state index contributed by atoms with van der Waals surface area (Å²) in [7, 11) is 2.35. The molecule has 1 saturated heterocycles. The molecule has 192 valence electrons. The zero-order valence-electron chi connectivity index (χ0n) is 19.3. The summed E-state index contributed by atoms with van der Waals surface area (Å²) in [5.74, 6) is -8.06. The number of halogens is 4. The highest BCUT2D eigenvalue weighted by Gasteiger charge is 2.57. The van der Waals surface area contributed by atoms with E-state index in [4.69, 9.17) is 15.2 Å². The van der Waals surface area contributed by atoms with Gasteiger partial charge in [0.15, 0.2) is 11.1 Å². The maximum atomic E-state index is 14.3. The Balaban J connectivity index is 1.67. The highest BCUT2D eigenvalue weighted by molar-refractivity contribution is 6.03. The van der Waals surface area contributed by atoms with E-state index in [9.17, 15) is 27.2 Å². The molecule has 35 heavy (non-hydrogen) atoms. The minimum Gasteiger partial charge on any atom is -0.495 e. The fourth-order valence-corrected chi connectivity index (χ4v) is 4.91. The van der Waals surface area contributed by atoms with E-state index in [1.807, 2.05) is 0 Å². The second-order valence-corrected chi connectivity index (χ2v) is 9.31. The topological polar surface area (TPSA) is 121 Å². The van der Waals surface area contributed by atoms with Gasteiger partial charge < -0.3 is 20.5 Å². The number of hydrogen-bond donors (Lipinski definition) is 2. The van der Waals surface area contributed by atoms with Crippen LogP contribution < -0.4 is 15.8 Å². The van der Waals surface area contributed by atoms with Gasteiger partial charge in [-0.2, -0.15) is 5.10 Å². The van der Waals surface area contributed by atoms with Crippen LogP contribution in [0, 0.1) is 11.3 Å². The number of nitrogens with two attached hydrogens (primary N) is 1. The highest BCUT2D eigenvalue weighted by Crippen LogP contribution is 2.42. The van der Waals surface area contributed by atoms with E-state index in [0.29, 0.717) is 11.3 Å². The van der Waals surface area contributed by atoms with Gasteiger partial charge in [0.05, 0.1) is 38.7 Å². The van der Waals surface area contributed by atoms with Crippen molar-refractivity contribution >= 4 is 17.5 Å². The number of esters is 1. The summed E-state index contributed by atoms with van der Waals surface area (Å²) < 4.78 is 67.0. The number of ether oxygens (including phenoxy) is 2. The van der Waals surface area contributed by atoms with Gasteiger partial charge in [0.25, 0.3) is 5.92 Å². The number of rotatable bonds is 6. The Bertz CT molecular complexity index is 1120. The van der Waals surface area contributed by atoms with Crippen molar-refractivity contribution in [2.45, 2.75) is 56.4 Å². The van der Waals surface area contributed by atoms with Crippen molar-refractivity contribution in [3.63, 3.8) is 0 Å². The molecule has 1 saturated carbocycles. The number of carbonyl (C=O) groups is 2. The van der Waals surface area contributed by atoms with Crippen LogP contribution in [0.5, 0.6) is 5.75 Å². The third-order valence-corrected chi connectivity index (χ3v) is 6.89. The fourth-order valence-electron chi connectivity index (χ4n) is 4.91. The molecule has 1 amide bonds. The first-order valence-electron chi connectivity index (χ1n) is 11.2. The Hall–Kier alpha value is -2.96. The number of imidazole rings is 1. The van der Waals surface area contributed by atoms with Gasteiger partial charge in [-0.3, -0.25) is 9.59 Å². The van der Waals surface area contributed by atoms with E-state index in [0.717, 1.165) is 7.11 Å². The van der Waals surface area contributed by atoms with Gasteiger partial charge in [0, 0.05) is 31.7 Å². The standard InChI is InChI=1S/C22H27F4N5O4/c1-34-15-7-16-29-14(17(27)12-3-5-21(23,24)6-4-12)9-31(16)30-13(15)8-20(19(33)35-2)10-22(25,26)11-28-18(20)32/h7,9,12,17H,3-6,8,10-11,27H2,1-2H3,(H,28,32)/t17-,20?/m0/s1. The Morgan fingerprint density at radius 3 is 2.57 bits per heavy atom. The van der Waals surface area contributed by atoms with Gasteiger partial charge in [-0.1, -0.05) is 0 Å². The fraction of sp³-hybridized carbons (Fsp3) is 0.636. The number of fused-ring (bicyclic) bond motifs is 1. The molecule has 0 aromatic carbocycles. The molecule has 4 rings (SSSR count). The third-order valence-electron chi connectivity index (χ3n) is 6.89. The van der Waals surface area contributed by atoms with E-state index >= 15 is 0 Å². The van der Waals surface area contributed by atoms with Gasteiger partial charge in [-0.25, -0.2) is 27.1 Å². The van der Waals surface area contributed by atoms with Crippen LogP contribution in [-0.4, -0.2) is 59.1 Å². The Kier molecular flexibility index (Phi) is 6.41. The first kappa shape index (κ1) is 25.1. The molecular formula is C22H27F4N5O4. The monoisotopic (exact) mass is 501 g/mol. The number of nitrogens with one attached hydrogen (secondary N) is 1. The SMILES string of the molecule is COC(=O)C1(Cc2nn3cc([C@@H](N)C4CCC(F)(F)CC4)nc3cc2OC)CC(F)(F)CNC1=O. The molecule has 13 heteroatoms. The Morgan fingerprint density at radius 2 is 1.94 bits per heavy atom. The number of nitrogens with zero attached hydrogens (tertiary/aromatic N) is 3. The van der Waals surface area contributed by atoms with Gasteiger partial charge in [0.1, 0.15) is 11.4 Å². The van der Waals surface area contributed by atoms with Crippen molar-refractivity contribution in [3.05, 3.63) is 23.7 Å². The van der Waals surface area contributed by atoms with Crippen LogP contribution >= 0.6 is 0 Å². The number of methoxy groups -OCH3 is 2. The Morgan fingerprint density at radius 1 is 1.26 bits per heavy atom. The normalized spacial score (nSPS) is 25.2. The molecule has 0 radical (unpaired) electrons. The van der Waals surface area contributed by atoms with E-state index in [-0.39, 0.29) is 43.0 Å². The molecule has 0 spiro atoms. The number of carbonyl (C=O) groups excluding carboxylic acids is 2. The lowest BCUT2D eigenvalue weighted by Gasteiger charge is -2.37. The zero-order valence-corrected chi connectivity index (χ0v) is 19.3. The number of amides is 1. The molecule has 2 atom stereocenters. The van der Waals surface area contributed by atoms with Crippen molar-refractivity contribution in [1.82, 2.24) is 19.9 Å². The lowest BCUT2D eigenvalue weighted by atomic mass is 9.74. The minimum atomic E-state index is -3.33. The van der Waals surface area contributed by atoms with Crippen LogP contribution in [0.1, 0.15) is 49.5 Å². The quantitative estimate of drug-likeness (QED) is 0.354. The van der Waals surface area contributed by atoms with Gasteiger partial charge in [-0.05, 0) is 18.8 Å². The number of piperidine rings is 1. The van der Waals surface area contributed by atoms with Crippen molar-refractivity contribution in [3.8, 4) is 5.75 Å². The summed E-state index contributed by atoms with van der Waals surface area (Å²) in [6.07, 6.45) is 0.0137. The van der Waals surface area contributed by atoms with Crippen LogP contribution in [0.25, 0.3) is 5.65 Å². The van der Waals surface area contributed by atoms with Crippen LogP contribution in [0.3, 0.4) is 0 Å². The summed E-state index contributed by atoms with van der Waals surface area (Å²) in [4.78, 5) is 29.7. The summed E-state index contributed by atoms with van der Waals surface area (Å²) >= 11 is 0. The molecule has 2 aliphatic rings. The van der Waals surface area contributed by atoms with Crippen LogP contribution in [-0.2, 0) is 20.7 Å². The summed E-state index contributed by atoms with van der Waals surface area (Å²) in [5.41, 5.74) is 4.93. The van der Waals surface area contributed by atoms with Crippen LogP contribution in [0.4, 0.5) is 17.6 Å². The molecule has 1 unspecified atom stereocenters. The molecule has 2 fully saturated rings. The van der Waals surface area contributed by atoms with Gasteiger partial charge in [0.2, 0.25) is 11.8 Å². The first-order valence-corrected chi connectivity index (χ1v) is 11.2. The predicted molar refractivity (Wildman–Crippen MR) is 114 cm³/mol. The second kappa shape index (κ2) is 8.92. The van der Waals surface area contributed by atoms with Crippen LogP contribution in [0.2, 0.25) is 0 Å². The van der Waals surface area contributed by atoms with Crippen molar-refractivity contribution in [1.29, 1.82) is 0 Å². The van der Waals surface area contributed by atoms with E-state index in [1.54, 1.807) is 0 Å². The van der Waals surface area contributed by atoms with Gasteiger partial charge >= 0.3 is 5.97 Å². The largest absolute Gasteiger partial charge is 0.495 e. The molecule has 2 aromatic heterocycles. The summed E-state index contributed by atoms with van der Waals surface area (Å²) in [6, 6.07) is 0.878. The summed E-state index contributed by atoms with van der Waals surface area (Å²) in [6.45, 7) is -0.885. The van der Waals surface area contributed by atoms with E-state index < -0.39 is 54.6 Å². The summed E-state index contributed by atoms with van der Waals surface area (Å²) in [5, 5.41) is 6.46. The maximum absolute atomic E-state index is 14.3. The molecule has 1 aliphatic heterocycles. The molecule has 3 heterocycles. The zero-order chi connectivity index (χ0) is 25.6. The average Bonchev–Trinajstić information content (AvgIpc) is 3.22. The molecular weight excluding hydrogens is 474 g/mol. The molecule has 9 nitrogen and oxygen atoms in total. The second-order valence-electron chi connectivity index (χ2n) is 9.31. The molecule has 0 bridgehead atoms. The molecule has 2 aromatic rings. The predicted octanol–water partition coefficient (Wildman–Crippen LogP) is 2.42. The maximum Gasteiger partial charge on any atom is 0.322 e. The molecule has 1 aliphatic carbocycles. The smallest absolute Gasteiger partial charge is 0.322 e. The van der Waals surface area contributed by atoms with Crippen molar-refractivity contribution in [2.75, 3.05) is 20.8 Å². The Labute approximate surface area is 198 Å². The lowest BCUT2D eigenvalue weighted by molar-refractivity contribution is -0.172.